The van der Waals surface area contributed by atoms with Crippen molar-refractivity contribution in [3.63, 3.8) is 0 Å². The normalized spacial score (nSPS) is 13.1. The second kappa shape index (κ2) is 3.72. The fraction of sp³-hybridized carbons (Fsp3) is 0. The molecule has 14 heavy (non-hydrogen) atoms. The summed E-state index contributed by atoms with van der Waals surface area (Å²) in [7, 11) is 0. The predicted octanol–water partition coefficient (Wildman–Crippen LogP) is -0.690. The first-order valence-corrected chi connectivity index (χ1v) is 8.51. The maximum atomic E-state index is 2.31. The van der Waals surface area contributed by atoms with Gasteiger partial charge in [-0.25, -0.2) is 0 Å². The van der Waals surface area contributed by atoms with E-state index in [2.05, 4.69) is 48.5 Å². The van der Waals surface area contributed by atoms with E-state index in [1.807, 2.05) is 0 Å². The molecule has 2 aromatic rings. The van der Waals surface area contributed by atoms with Gasteiger partial charge >= 0.3 is 101 Å². The zero-order chi connectivity index (χ0) is 9.38. The summed E-state index contributed by atoms with van der Waals surface area (Å²) < 4.78 is 6.52. The van der Waals surface area contributed by atoms with E-state index < -0.39 is 0 Å². The van der Waals surface area contributed by atoms with Crippen molar-refractivity contribution in [2.75, 3.05) is 0 Å². The van der Waals surface area contributed by atoms with Gasteiger partial charge < -0.3 is 0 Å². The predicted molar refractivity (Wildman–Crippen MR) is 62.9 cm³/mol. The first-order valence-electron chi connectivity index (χ1n) is 4.47. The molecule has 68 valence electrons. The maximum absolute atomic E-state index is 2.31. The average Bonchev–Trinajstić information content (AvgIpc) is 2.26. The van der Waals surface area contributed by atoms with Crippen LogP contribution in [-0.4, -0.2) is 35.9 Å². The molecule has 3 rings (SSSR count). The Kier molecular flexibility index (Phi) is 2.39. The first-order chi connectivity index (χ1) is 6.93. The van der Waals surface area contributed by atoms with Gasteiger partial charge in [0.25, 0.3) is 0 Å². The van der Waals surface area contributed by atoms with Crippen molar-refractivity contribution < 1.29 is 0 Å². The van der Waals surface area contributed by atoms with Gasteiger partial charge in [-0.3, -0.25) is 0 Å². The zero-order valence-corrected chi connectivity index (χ0v) is 11.5. The Morgan fingerprint density at radius 1 is 0.714 bits per heavy atom. The van der Waals surface area contributed by atoms with Gasteiger partial charge in [0.2, 0.25) is 0 Å². The van der Waals surface area contributed by atoms with Crippen LogP contribution in [0.2, 0.25) is 0 Å². The Morgan fingerprint density at radius 3 is 1.79 bits per heavy atom. The molecule has 0 saturated heterocycles. The van der Waals surface area contributed by atoms with Crippen molar-refractivity contribution in [1.82, 2.24) is 0 Å². The van der Waals surface area contributed by atoms with Crippen molar-refractivity contribution in [1.29, 1.82) is 0 Å². The quantitative estimate of drug-likeness (QED) is 0.467. The second-order valence-electron chi connectivity index (χ2n) is 3.10. The van der Waals surface area contributed by atoms with E-state index in [0.29, 0.717) is 15.0 Å². The molecule has 0 fully saturated rings. The second-order valence-corrected chi connectivity index (χ2v) is 8.46. The van der Waals surface area contributed by atoms with Crippen LogP contribution >= 0.6 is 0 Å². The fourth-order valence-corrected chi connectivity index (χ4v) is 8.18. The van der Waals surface area contributed by atoms with Gasteiger partial charge in [-0.1, -0.05) is 0 Å². The summed E-state index contributed by atoms with van der Waals surface area (Å²) in [6.45, 7) is 0. The topological polar surface area (TPSA) is 0 Å². The summed E-state index contributed by atoms with van der Waals surface area (Å²) in [6, 6.07) is 17.9. The number of hydrogen-bond donors (Lipinski definition) is 0. The summed E-state index contributed by atoms with van der Waals surface area (Å²) >= 11 is 0.456. The van der Waals surface area contributed by atoms with Gasteiger partial charge in [-0.05, 0) is 0 Å². The molecule has 0 aliphatic carbocycles. The van der Waals surface area contributed by atoms with Gasteiger partial charge in [-0.2, -0.15) is 0 Å². The van der Waals surface area contributed by atoms with Gasteiger partial charge in [0.05, 0.1) is 0 Å². The van der Waals surface area contributed by atoms with Crippen LogP contribution in [0.1, 0.15) is 0 Å². The molecule has 0 nitrogen and oxygen atoms in total. The molecule has 2 aromatic carbocycles. The monoisotopic (exact) mass is 362 g/mol. The number of rotatable bonds is 0. The standard InChI is InChI=1S/C12H8SeTe/c1-3-7-11-9(5-1)13-10-6-2-4-8-12(10)14-11/h1-8H. The molecule has 0 radical (unpaired) electrons. The summed E-state index contributed by atoms with van der Waals surface area (Å²) in [6.07, 6.45) is 0. The molecule has 0 amide bonds. The third-order valence-electron chi connectivity index (χ3n) is 2.14. The Hall–Kier alpha value is -0.251. The Labute approximate surface area is 100.0 Å². The minimum atomic E-state index is -0.0961. The number of fused-ring (bicyclic) bond motifs is 2. The summed E-state index contributed by atoms with van der Waals surface area (Å²) in [5, 5.41) is 0. The van der Waals surface area contributed by atoms with E-state index in [4.69, 9.17) is 0 Å². The fourth-order valence-electron chi connectivity index (χ4n) is 1.47. The minimum absolute atomic E-state index is 0.0961. The molecule has 1 aliphatic rings. The van der Waals surface area contributed by atoms with Crippen molar-refractivity contribution in [3.8, 4) is 0 Å². The Balaban J connectivity index is 2.12. The molecule has 0 bridgehead atoms. The van der Waals surface area contributed by atoms with Crippen molar-refractivity contribution in [2.24, 2.45) is 0 Å². The average molecular weight is 359 g/mol. The van der Waals surface area contributed by atoms with Gasteiger partial charge in [0.15, 0.2) is 0 Å². The third-order valence-corrected chi connectivity index (χ3v) is 9.65. The molecule has 0 aromatic heterocycles. The molecule has 0 saturated carbocycles. The first kappa shape index (κ1) is 9.01. The van der Waals surface area contributed by atoms with Crippen LogP contribution in [0, 0.1) is 0 Å². The van der Waals surface area contributed by atoms with Gasteiger partial charge in [0, 0.05) is 0 Å². The van der Waals surface area contributed by atoms with Gasteiger partial charge in [0.1, 0.15) is 0 Å². The molecular formula is C12H8SeTe. The van der Waals surface area contributed by atoms with Crippen LogP contribution in [0.15, 0.2) is 48.5 Å². The third kappa shape index (κ3) is 1.53. The SMILES string of the molecule is c1ccc2c(c1)[Se]c1ccccc1[Te]2. The molecule has 0 N–H and O–H groups in total. The number of hydrogen-bond acceptors (Lipinski definition) is 0. The van der Waals surface area contributed by atoms with E-state index in [-0.39, 0.29) is 20.9 Å². The van der Waals surface area contributed by atoms with E-state index in [1.54, 1.807) is 16.1 Å². The van der Waals surface area contributed by atoms with Crippen molar-refractivity contribution in [2.45, 2.75) is 0 Å². The van der Waals surface area contributed by atoms with Crippen LogP contribution in [0.25, 0.3) is 0 Å². The van der Waals surface area contributed by atoms with Crippen LogP contribution in [-0.2, 0) is 0 Å². The molecule has 2 heteroatoms. The molecular weight excluding hydrogens is 351 g/mol. The van der Waals surface area contributed by atoms with E-state index in [9.17, 15) is 0 Å². The molecule has 1 heterocycles. The summed E-state index contributed by atoms with van der Waals surface area (Å²) in [4.78, 5) is 0. The Bertz CT molecular complexity index is 392. The van der Waals surface area contributed by atoms with Crippen LogP contribution in [0.5, 0.6) is 0 Å². The number of benzene rings is 2. The zero-order valence-electron chi connectivity index (χ0n) is 7.44. The van der Waals surface area contributed by atoms with Crippen LogP contribution in [0.4, 0.5) is 0 Å². The molecule has 0 atom stereocenters. The van der Waals surface area contributed by atoms with E-state index in [1.165, 1.54) is 0 Å². The van der Waals surface area contributed by atoms with Gasteiger partial charge in [-0.15, -0.1) is 0 Å². The molecule has 0 unspecified atom stereocenters. The van der Waals surface area contributed by atoms with Crippen molar-refractivity contribution >= 4 is 52.0 Å². The molecule has 1 aliphatic heterocycles. The Morgan fingerprint density at radius 2 is 1.21 bits per heavy atom. The van der Waals surface area contributed by atoms with E-state index >= 15 is 0 Å². The summed E-state index contributed by atoms with van der Waals surface area (Å²) in [5.74, 6) is 0. The van der Waals surface area contributed by atoms with Crippen molar-refractivity contribution in [3.05, 3.63) is 48.5 Å². The van der Waals surface area contributed by atoms with E-state index in [0.717, 1.165) is 0 Å². The summed E-state index contributed by atoms with van der Waals surface area (Å²) in [5.41, 5.74) is 0. The molecule has 0 spiro atoms. The van der Waals surface area contributed by atoms with Crippen LogP contribution < -0.4 is 16.1 Å². The van der Waals surface area contributed by atoms with Crippen LogP contribution in [0.3, 0.4) is 0 Å².